The lowest BCUT2D eigenvalue weighted by Crippen LogP contribution is -2.51. The molecule has 0 radical (unpaired) electrons. The number of esters is 3. The summed E-state index contributed by atoms with van der Waals surface area (Å²) in [6.45, 7) is 9.62. The predicted octanol–water partition coefficient (Wildman–Crippen LogP) is 4.03. The van der Waals surface area contributed by atoms with Crippen LogP contribution in [0, 0.1) is 16.7 Å². The highest BCUT2D eigenvalue weighted by molar-refractivity contribution is 5.92. The van der Waals surface area contributed by atoms with Crippen LogP contribution in [0.1, 0.15) is 73.1 Å². The Morgan fingerprint density at radius 2 is 1.90 bits per heavy atom. The maximum absolute atomic E-state index is 12.3. The Labute approximate surface area is 178 Å². The van der Waals surface area contributed by atoms with Gasteiger partial charge in [-0.05, 0) is 49.5 Å². The molecule has 0 spiro atoms. The smallest absolute Gasteiger partial charge is 0.334 e. The summed E-state index contributed by atoms with van der Waals surface area (Å²) in [7, 11) is 0. The number of hydrogen-bond donors (Lipinski definition) is 0. The Morgan fingerprint density at radius 3 is 2.57 bits per heavy atom. The molecule has 0 amide bonds. The van der Waals surface area contributed by atoms with Crippen molar-refractivity contribution in [2.75, 3.05) is 6.61 Å². The third-order valence-electron chi connectivity index (χ3n) is 8.05. The van der Waals surface area contributed by atoms with Crippen molar-refractivity contribution in [2.24, 2.45) is 16.7 Å². The lowest BCUT2D eigenvalue weighted by atomic mass is 9.48. The molecular weight excluding hydrogens is 384 g/mol. The van der Waals surface area contributed by atoms with Gasteiger partial charge in [0.2, 0.25) is 0 Å². The normalized spacial score (nSPS) is 37.8. The molecule has 4 aliphatic rings. The molecule has 30 heavy (non-hydrogen) atoms. The summed E-state index contributed by atoms with van der Waals surface area (Å²) in [6, 6.07) is 0. The van der Waals surface area contributed by atoms with Gasteiger partial charge >= 0.3 is 17.9 Å². The van der Waals surface area contributed by atoms with Gasteiger partial charge in [-0.25, -0.2) is 4.79 Å². The quantitative estimate of drug-likeness (QED) is 0.393. The van der Waals surface area contributed by atoms with Gasteiger partial charge in [-0.3, -0.25) is 9.59 Å². The van der Waals surface area contributed by atoms with Gasteiger partial charge in [0.05, 0.1) is 6.61 Å². The fourth-order valence-electron chi connectivity index (χ4n) is 6.75. The zero-order chi connectivity index (χ0) is 21.8. The first-order valence-corrected chi connectivity index (χ1v) is 11.0. The van der Waals surface area contributed by atoms with Crippen molar-refractivity contribution in [1.29, 1.82) is 0 Å². The van der Waals surface area contributed by atoms with Gasteiger partial charge in [0.15, 0.2) is 0 Å². The summed E-state index contributed by atoms with van der Waals surface area (Å²) >= 11 is 0. The molecule has 1 heterocycles. The van der Waals surface area contributed by atoms with Crippen LogP contribution >= 0.6 is 0 Å². The van der Waals surface area contributed by atoms with Crippen molar-refractivity contribution in [3.8, 4) is 0 Å². The van der Waals surface area contributed by atoms with Gasteiger partial charge in [0.25, 0.3) is 0 Å². The Hall–Kier alpha value is -2.11. The Morgan fingerprint density at radius 1 is 1.17 bits per heavy atom. The molecule has 0 N–H and O–H groups in total. The summed E-state index contributed by atoms with van der Waals surface area (Å²) in [5.41, 5.74) is 3.67. The summed E-state index contributed by atoms with van der Waals surface area (Å²) in [5.74, 6) is -0.534. The third kappa shape index (κ3) is 3.19. The van der Waals surface area contributed by atoms with Crippen molar-refractivity contribution in [2.45, 2.75) is 85.4 Å². The zero-order valence-corrected chi connectivity index (χ0v) is 18.6. The molecule has 164 valence electrons. The highest BCUT2D eigenvalue weighted by atomic mass is 16.6. The van der Waals surface area contributed by atoms with E-state index in [1.54, 1.807) is 6.92 Å². The second kappa shape index (κ2) is 7.24. The molecule has 1 saturated carbocycles. The molecule has 1 fully saturated rings. The predicted molar refractivity (Wildman–Crippen MR) is 109 cm³/mol. The van der Waals surface area contributed by atoms with Gasteiger partial charge < -0.3 is 14.2 Å². The van der Waals surface area contributed by atoms with Crippen LogP contribution in [0.3, 0.4) is 0 Å². The standard InChI is InChI=1S/C24H32O6/c1-13-20-18(30-22(13)27)11-17-16(21(20)29-15(3)26)7-8-19-23(4,12-28-14(2)25)9-6-10-24(17,19)5/h18-19,21H,6-12H2,1-5H3. The number of ether oxygens (including phenoxy) is 3. The van der Waals surface area contributed by atoms with Gasteiger partial charge in [0, 0.05) is 36.8 Å². The van der Waals surface area contributed by atoms with Crippen LogP contribution in [-0.2, 0) is 28.6 Å². The minimum absolute atomic E-state index is 0.0897. The van der Waals surface area contributed by atoms with Crippen LogP contribution in [0.25, 0.3) is 0 Å². The molecule has 0 saturated heterocycles. The van der Waals surface area contributed by atoms with Crippen molar-refractivity contribution < 1.29 is 28.6 Å². The fraction of sp³-hybridized carbons (Fsp3) is 0.708. The van der Waals surface area contributed by atoms with E-state index in [0.717, 1.165) is 43.3 Å². The van der Waals surface area contributed by atoms with E-state index in [0.29, 0.717) is 24.5 Å². The maximum atomic E-state index is 12.3. The molecule has 6 heteroatoms. The number of fused-ring (bicyclic) bond motifs is 3. The topological polar surface area (TPSA) is 78.9 Å². The van der Waals surface area contributed by atoms with E-state index in [-0.39, 0.29) is 34.8 Å². The molecule has 0 aromatic rings. The molecular formula is C24H32O6. The van der Waals surface area contributed by atoms with Gasteiger partial charge in [-0.1, -0.05) is 25.8 Å². The third-order valence-corrected chi connectivity index (χ3v) is 8.05. The summed E-state index contributed by atoms with van der Waals surface area (Å²) in [6.07, 6.45) is 4.71. The summed E-state index contributed by atoms with van der Waals surface area (Å²) in [5, 5.41) is 0. The average molecular weight is 417 g/mol. The lowest BCUT2D eigenvalue weighted by molar-refractivity contribution is -0.149. The van der Waals surface area contributed by atoms with Gasteiger partial charge in [-0.15, -0.1) is 0 Å². The van der Waals surface area contributed by atoms with E-state index in [2.05, 4.69) is 13.8 Å². The van der Waals surface area contributed by atoms with Crippen molar-refractivity contribution in [3.05, 3.63) is 22.3 Å². The van der Waals surface area contributed by atoms with Crippen molar-refractivity contribution >= 4 is 17.9 Å². The SMILES string of the molecule is CC(=O)OCC1(C)CCCC2(C)C3=C(CCC12)C(OC(C)=O)C1=C(C)C(=O)OC1C3. The van der Waals surface area contributed by atoms with Gasteiger partial charge in [0.1, 0.15) is 12.2 Å². The molecule has 1 aliphatic heterocycles. The van der Waals surface area contributed by atoms with Crippen LogP contribution in [0.5, 0.6) is 0 Å². The molecule has 0 aromatic carbocycles. The molecule has 6 nitrogen and oxygen atoms in total. The van der Waals surface area contributed by atoms with E-state index >= 15 is 0 Å². The minimum atomic E-state index is -0.498. The molecule has 5 atom stereocenters. The second-order valence-electron chi connectivity index (χ2n) is 9.97. The van der Waals surface area contributed by atoms with Crippen LogP contribution in [0.2, 0.25) is 0 Å². The largest absolute Gasteiger partial charge is 0.465 e. The van der Waals surface area contributed by atoms with Crippen molar-refractivity contribution in [3.63, 3.8) is 0 Å². The maximum Gasteiger partial charge on any atom is 0.334 e. The van der Waals surface area contributed by atoms with Crippen LogP contribution in [0.4, 0.5) is 0 Å². The highest BCUT2D eigenvalue weighted by Gasteiger charge is 2.57. The molecule has 4 rings (SSSR count). The zero-order valence-electron chi connectivity index (χ0n) is 18.6. The molecule has 3 aliphatic carbocycles. The number of carbonyl (C=O) groups is 3. The van der Waals surface area contributed by atoms with Crippen molar-refractivity contribution in [1.82, 2.24) is 0 Å². The van der Waals surface area contributed by atoms with E-state index in [9.17, 15) is 14.4 Å². The van der Waals surface area contributed by atoms with E-state index in [1.807, 2.05) is 0 Å². The van der Waals surface area contributed by atoms with Crippen LogP contribution < -0.4 is 0 Å². The fourth-order valence-corrected chi connectivity index (χ4v) is 6.75. The molecule has 5 unspecified atom stereocenters. The summed E-state index contributed by atoms with van der Waals surface area (Å²) in [4.78, 5) is 35.7. The number of carbonyl (C=O) groups excluding carboxylic acids is 3. The Balaban J connectivity index is 1.76. The second-order valence-corrected chi connectivity index (χ2v) is 9.97. The first-order chi connectivity index (χ1) is 14.1. The number of hydrogen-bond acceptors (Lipinski definition) is 6. The molecule has 0 bridgehead atoms. The Kier molecular flexibility index (Phi) is 5.10. The van der Waals surface area contributed by atoms with E-state index in [4.69, 9.17) is 14.2 Å². The number of rotatable bonds is 3. The molecule has 0 aromatic heterocycles. The monoisotopic (exact) mass is 416 g/mol. The minimum Gasteiger partial charge on any atom is -0.465 e. The average Bonchev–Trinajstić information content (AvgIpc) is 2.94. The van der Waals surface area contributed by atoms with E-state index < -0.39 is 6.10 Å². The Bertz CT molecular complexity index is 867. The lowest BCUT2D eigenvalue weighted by Gasteiger charge is -2.57. The van der Waals surface area contributed by atoms with Crippen LogP contribution in [0.15, 0.2) is 22.3 Å². The van der Waals surface area contributed by atoms with Crippen LogP contribution in [-0.4, -0.2) is 36.7 Å². The highest BCUT2D eigenvalue weighted by Crippen LogP contribution is 2.63. The summed E-state index contributed by atoms with van der Waals surface area (Å²) < 4.78 is 17.0. The first kappa shape index (κ1) is 21.1. The van der Waals surface area contributed by atoms with E-state index in [1.165, 1.54) is 19.4 Å². The van der Waals surface area contributed by atoms with Gasteiger partial charge in [-0.2, -0.15) is 0 Å². The first-order valence-electron chi connectivity index (χ1n) is 11.0.